The quantitative estimate of drug-likeness (QED) is 0.662. The van der Waals surface area contributed by atoms with Crippen molar-refractivity contribution in [3.8, 4) is 0 Å². The minimum absolute atomic E-state index is 0.0474. The van der Waals surface area contributed by atoms with Crippen molar-refractivity contribution in [2.75, 3.05) is 50.8 Å². The number of aromatic nitrogens is 1. The lowest BCUT2D eigenvalue weighted by Gasteiger charge is -2.29. The van der Waals surface area contributed by atoms with Crippen LogP contribution in [-0.4, -0.2) is 67.6 Å². The van der Waals surface area contributed by atoms with Gasteiger partial charge in [-0.3, -0.25) is 19.5 Å². The summed E-state index contributed by atoms with van der Waals surface area (Å²) in [6.45, 7) is 6.76. The average molecular weight is 480 g/mol. The molecule has 0 radical (unpaired) electrons. The van der Waals surface area contributed by atoms with E-state index in [1.54, 1.807) is 12.4 Å². The zero-order valence-corrected chi connectivity index (χ0v) is 20.5. The van der Waals surface area contributed by atoms with Crippen molar-refractivity contribution in [2.24, 2.45) is 5.92 Å². The number of ether oxygens (including phenoxy) is 1. The van der Waals surface area contributed by atoms with Crippen molar-refractivity contribution < 1.29 is 14.3 Å². The molecule has 35 heavy (non-hydrogen) atoms. The first-order valence-electron chi connectivity index (χ1n) is 12.7. The molecule has 0 aliphatic carbocycles. The summed E-state index contributed by atoms with van der Waals surface area (Å²) in [7, 11) is 0. The van der Waals surface area contributed by atoms with E-state index >= 15 is 0 Å². The Kier molecular flexibility index (Phi) is 9.48. The number of benzene rings is 1. The molecule has 0 bridgehead atoms. The second kappa shape index (κ2) is 13.2. The zero-order chi connectivity index (χ0) is 24.3. The number of anilines is 1. The highest BCUT2D eigenvalue weighted by Crippen LogP contribution is 2.18. The Morgan fingerprint density at radius 1 is 1.00 bits per heavy atom. The van der Waals surface area contributed by atoms with Crippen LogP contribution in [0.5, 0.6) is 0 Å². The van der Waals surface area contributed by atoms with Crippen molar-refractivity contribution in [2.45, 2.75) is 38.8 Å². The molecule has 2 saturated heterocycles. The molecule has 2 aliphatic heterocycles. The van der Waals surface area contributed by atoms with E-state index in [2.05, 4.69) is 49.7 Å². The molecular formula is C27H37N5O3. The summed E-state index contributed by atoms with van der Waals surface area (Å²) < 4.78 is 5.43. The van der Waals surface area contributed by atoms with Crippen LogP contribution < -0.4 is 15.5 Å². The Morgan fingerprint density at radius 2 is 1.77 bits per heavy atom. The molecule has 188 valence electrons. The Morgan fingerprint density at radius 3 is 2.54 bits per heavy atom. The van der Waals surface area contributed by atoms with Gasteiger partial charge in [-0.15, -0.1) is 0 Å². The van der Waals surface area contributed by atoms with Gasteiger partial charge in [-0.05, 0) is 61.2 Å². The Hall–Kier alpha value is -2.97. The minimum atomic E-state index is -0.108. The first kappa shape index (κ1) is 25.1. The third-order valence-corrected chi connectivity index (χ3v) is 6.80. The van der Waals surface area contributed by atoms with E-state index in [1.165, 1.54) is 11.3 Å². The maximum atomic E-state index is 13.0. The number of morpholine rings is 1. The topological polar surface area (TPSA) is 86.8 Å². The molecule has 1 aromatic carbocycles. The number of hydrogen-bond acceptors (Lipinski definition) is 6. The summed E-state index contributed by atoms with van der Waals surface area (Å²) in [5.74, 6) is 0.00591. The van der Waals surface area contributed by atoms with Crippen LogP contribution in [0.25, 0.3) is 0 Å². The van der Waals surface area contributed by atoms with Crippen molar-refractivity contribution in [1.29, 1.82) is 0 Å². The predicted octanol–water partition coefficient (Wildman–Crippen LogP) is 2.34. The van der Waals surface area contributed by atoms with Crippen molar-refractivity contribution in [3.05, 3.63) is 59.9 Å². The molecule has 1 unspecified atom stereocenters. The summed E-state index contributed by atoms with van der Waals surface area (Å²) >= 11 is 0. The molecule has 0 saturated carbocycles. The summed E-state index contributed by atoms with van der Waals surface area (Å²) in [6.07, 6.45) is 6.46. The van der Waals surface area contributed by atoms with Gasteiger partial charge in [0.05, 0.1) is 13.2 Å². The number of rotatable bonds is 6. The maximum absolute atomic E-state index is 13.0. The molecule has 3 heterocycles. The second-order valence-corrected chi connectivity index (χ2v) is 9.34. The van der Waals surface area contributed by atoms with Crippen molar-refractivity contribution >= 4 is 17.5 Å². The molecule has 2 amide bonds. The highest BCUT2D eigenvalue weighted by Gasteiger charge is 2.20. The van der Waals surface area contributed by atoms with Crippen LogP contribution in [0.3, 0.4) is 0 Å². The first-order chi connectivity index (χ1) is 17.2. The molecule has 8 nitrogen and oxygen atoms in total. The van der Waals surface area contributed by atoms with Crippen LogP contribution in [0.2, 0.25) is 0 Å². The number of pyridine rings is 1. The normalized spacial score (nSPS) is 20.5. The number of nitrogens with zero attached hydrogens (tertiary/aromatic N) is 3. The fourth-order valence-electron chi connectivity index (χ4n) is 4.70. The van der Waals surface area contributed by atoms with E-state index in [9.17, 15) is 9.59 Å². The number of nitrogens with one attached hydrogen (secondary N) is 2. The van der Waals surface area contributed by atoms with E-state index in [0.717, 1.165) is 57.8 Å². The third-order valence-electron chi connectivity index (χ3n) is 6.80. The molecule has 1 atom stereocenters. The lowest BCUT2D eigenvalue weighted by molar-refractivity contribution is -0.126. The van der Waals surface area contributed by atoms with Crippen LogP contribution in [-0.2, 0) is 27.4 Å². The molecule has 2 N–H and O–H groups in total. The smallest absolute Gasteiger partial charge is 0.223 e. The molecule has 2 aliphatic rings. The van der Waals surface area contributed by atoms with Gasteiger partial charge in [-0.2, -0.15) is 0 Å². The molecule has 1 aromatic heterocycles. The van der Waals surface area contributed by atoms with Gasteiger partial charge in [-0.25, -0.2) is 0 Å². The van der Waals surface area contributed by atoms with Crippen LogP contribution in [0.1, 0.15) is 36.8 Å². The Labute approximate surface area is 208 Å². The molecule has 0 spiro atoms. The standard InChI is InChI=1S/C27H37N5O3/c33-26-10-15-31(21-23-7-11-28-12-8-23)14-1-2-24(9-13-29-26)27(34)30-20-22-3-5-25(6-4-22)32-16-18-35-19-17-32/h3-8,11-12,24H,1-2,9-10,13-21H2,(H,29,33)(H,30,34). The van der Waals surface area contributed by atoms with E-state index < -0.39 is 0 Å². The predicted molar refractivity (Wildman–Crippen MR) is 136 cm³/mol. The number of hydrogen-bond donors (Lipinski definition) is 2. The number of amides is 2. The number of carbonyl (C=O) groups excluding carboxylic acids is 2. The molecule has 4 rings (SSSR count). The molecule has 2 fully saturated rings. The van der Waals surface area contributed by atoms with Crippen molar-refractivity contribution in [3.63, 3.8) is 0 Å². The van der Waals surface area contributed by atoms with Gasteiger partial charge in [0.15, 0.2) is 0 Å². The molecule has 2 aromatic rings. The van der Waals surface area contributed by atoms with Crippen LogP contribution >= 0.6 is 0 Å². The van der Waals surface area contributed by atoms with Gasteiger partial charge in [0.25, 0.3) is 0 Å². The van der Waals surface area contributed by atoms with Gasteiger partial charge >= 0.3 is 0 Å². The van der Waals surface area contributed by atoms with Gasteiger partial charge in [-0.1, -0.05) is 12.1 Å². The van der Waals surface area contributed by atoms with E-state index in [0.29, 0.717) is 32.5 Å². The fourth-order valence-corrected chi connectivity index (χ4v) is 4.70. The van der Waals surface area contributed by atoms with Gasteiger partial charge in [0.1, 0.15) is 0 Å². The first-order valence-corrected chi connectivity index (χ1v) is 12.7. The summed E-state index contributed by atoms with van der Waals surface area (Å²) in [5, 5.41) is 6.12. The van der Waals surface area contributed by atoms with E-state index in [4.69, 9.17) is 4.74 Å². The second-order valence-electron chi connectivity index (χ2n) is 9.34. The fraction of sp³-hybridized carbons (Fsp3) is 0.519. The average Bonchev–Trinajstić information content (AvgIpc) is 2.94. The van der Waals surface area contributed by atoms with Crippen LogP contribution in [0, 0.1) is 5.92 Å². The third kappa shape index (κ3) is 8.04. The highest BCUT2D eigenvalue weighted by molar-refractivity contribution is 5.79. The lowest BCUT2D eigenvalue weighted by atomic mass is 9.98. The van der Waals surface area contributed by atoms with Gasteiger partial charge in [0.2, 0.25) is 11.8 Å². The summed E-state index contributed by atoms with van der Waals surface area (Å²) in [4.78, 5) is 34.0. The zero-order valence-electron chi connectivity index (χ0n) is 20.5. The van der Waals surface area contributed by atoms with E-state index in [1.807, 2.05) is 12.1 Å². The Bertz CT molecular complexity index is 932. The Balaban J connectivity index is 1.28. The van der Waals surface area contributed by atoms with Crippen molar-refractivity contribution in [1.82, 2.24) is 20.5 Å². The summed E-state index contributed by atoms with van der Waals surface area (Å²) in [6, 6.07) is 12.4. The van der Waals surface area contributed by atoms with Crippen LogP contribution in [0.15, 0.2) is 48.8 Å². The number of carbonyl (C=O) groups is 2. The largest absolute Gasteiger partial charge is 0.378 e. The maximum Gasteiger partial charge on any atom is 0.223 e. The van der Waals surface area contributed by atoms with E-state index in [-0.39, 0.29) is 17.7 Å². The van der Waals surface area contributed by atoms with Gasteiger partial charge < -0.3 is 20.3 Å². The summed E-state index contributed by atoms with van der Waals surface area (Å²) in [5.41, 5.74) is 3.46. The van der Waals surface area contributed by atoms with Gasteiger partial charge in [0, 0.05) is 69.7 Å². The monoisotopic (exact) mass is 479 g/mol. The molecule has 8 heteroatoms. The highest BCUT2D eigenvalue weighted by atomic mass is 16.5. The van der Waals surface area contributed by atoms with Crippen LogP contribution in [0.4, 0.5) is 5.69 Å². The minimum Gasteiger partial charge on any atom is -0.378 e. The lowest BCUT2D eigenvalue weighted by Crippen LogP contribution is -2.36. The SMILES string of the molecule is O=C1CCN(Cc2ccncc2)CCCC(C(=O)NCc2ccc(N3CCOCC3)cc2)CCN1. The molecular weight excluding hydrogens is 442 g/mol.